The molecule has 1 heterocycles. The maximum atomic E-state index is 12.2. The Hall–Kier alpha value is -1.87. The molecule has 0 saturated carbocycles. The van der Waals surface area contributed by atoms with Crippen LogP contribution in [0.15, 0.2) is 57.8 Å². The second-order valence-electron chi connectivity index (χ2n) is 4.96. The predicted octanol–water partition coefficient (Wildman–Crippen LogP) is 4.24. The van der Waals surface area contributed by atoms with Crippen LogP contribution < -0.4 is 5.32 Å². The molecule has 1 aromatic heterocycles. The summed E-state index contributed by atoms with van der Waals surface area (Å²) in [5, 5.41) is 10.5. The molecule has 0 bridgehead atoms. The number of hydrogen-bond donors (Lipinski definition) is 1. The maximum absolute atomic E-state index is 12.2. The lowest BCUT2D eigenvalue weighted by Crippen LogP contribution is -2.13. The summed E-state index contributed by atoms with van der Waals surface area (Å²) < 4.78 is 6.38. The third-order valence-corrected chi connectivity index (χ3v) is 5.00. The van der Waals surface area contributed by atoms with Crippen molar-refractivity contribution in [3.63, 3.8) is 0 Å². The van der Waals surface area contributed by atoms with Gasteiger partial charge in [-0.3, -0.25) is 10.1 Å². The lowest BCUT2D eigenvalue weighted by molar-refractivity contribution is 0.102. The lowest BCUT2D eigenvalue weighted by atomic mass is 10.1. The van der Waals surface area contributed by atoms with Crippen molar-refractivity contribution in [1.82, 2.24) is 10.2 Å². The number of carbonyl (C=O) groups is 1. The summed E-state index contributed by atoms with van der Waals surface area (Å²) in [6.45, 7) is 0. The number of halogens is 1. The highest BCUT2D eigenvalue weighted by Gasteiger charge is 2.14. The van der Waals surface area contributed by atoms with Gasteiger partial charge in [0.25, 0.3) is 5.91 Å². The fraction of sp³-hybridized carbons (Fsp3) is 0.118. The SMILES string of the molecule is CSc1ccc(Cc2nnc(NC(=O)c3ccccc3I)o2)cc1. The van der Waals surface area contributed by atoms with Gasteiger partial charge in [0.1, 0.15) is 0 Å². The Morgan fingerprint density at radius 1 is 1.17 bits per heavy atom. The van der Waals surface area contributed by atoms with Crippen molar-refractivity contribution < 1.29 is 9.21 Å². The second-order valence-corrected chi connectivity index (χ2v) is 7.00. The molecule has 0 saturated heterocycles. The monoisotopic (exact) mass is 451 g/mol. The standard InChI is InChI=1S/C17H14IN3O2S/c1-24-12-8-6-11(7-9-12)10-15-20-21-17(23-15)19-16(22)13-4-2-3-5-14(13)18/h2-9H,10H2,1H3,(H,19,21,22). The number of benzene rings is 2. The first-order valence-corrected chi connectivity index (χ1v) is 9.47. The summed E-state index contributed by atoms with van der Waals surface area (Å²) in [5.74, 6) is 0.199. The average molecular weight is 451 g/mol. The number of anilines is 1. The number of hydrogen-bond acceptors (Lipinski definition) is 5. The van der Waals surface area contributed by atoms with Crippen molar-refractivity contribution in [3.05, 3.63) is 69.1 Å². The zero-order valence-electron chi connectivity index (χ0n) is 12.8. The van der Waals surface area contributed by atoms with Crippen LogP contribution in [0.1, 0.15) is 21.8 Å². The van der Waals surface area contributed by atoms with E-state index in [4.69, 9.17) is 4.42 Å². The molecule has 0 spiro atoms. The summed E-state index contributed by atoms with van der Waals surface area (Å²) in [4.78, 5) is 13.4. The second kappa shape index (κ2) is 7.80. The van der Waals surface area contributed by atoms with Gasteiger partial charge in [0.05, 0.1) is 12.0 Å². The number of aromatic nitrogens is 2. The van der Waals surface area contributed by atoms with Gasteiger partial charge in [-0.2, -0.15) is 0 Å². The van der Waals surface area contributed by atoms with Gasteiger partial charge in [0.15, 0.2) is 0 Å². The normalized spacial score (nSPS) is 10.6. The van der Waals surface area contributed by atoms with Gasteiger partial charge in [0.2, 0.25) is 5.89 Å². The van der Waals surface area contributed by atoms with Crippen molar-refractivity contribution in [2.45, 2.75) is 11.3 Å². The van der Waals surface area contributed by atoms with Crippen LogP contribution in [0.4, 0.5) is 6.01 Å². The average Bonchev–Trinajstić information content (AvgIpc) is 3.02. The van der Waals surface area contributed by atoms with Crippen LogP contribution >= 0.6 is 34.4 Å². The molecule has 0 aliphatic rings. The summed E-state index contributed by atoms with van der Waals surface area (Å²) in [6.07, 6.45) is 2.57. The largest absolute Gasteiger partial charge is 0.407 e. The minimum Gasteiger partial charge on any atom is -0.407 e. The molecule has 0 fully saturated rings. The Labute approximate surface area is 157 Å². The van der Waals surface area contributed by atoms with Crippen molar-refractivity contribution in [2.75, 3.05) is 11.6 Å². The van der Waals surface area contributed by atoms with E-state index in [1.165, 1.54) is 4.90 Å². The van der Waals surface area contributed by atoms with Gasteiger partial charge in [-0.05, 0) is 58.7 Å². The number of thioether (sulfide) groups is 1. The molecular weight excluding hydrogens is 437 g/mol. The summed E-state index contributed by atoms with van der Waals surface area (Å²) in [5.41, 5.74) is 1.65. The van der Waals surface area contributed by atoms with Crippen molar-refractivity contribution in [3.8, 4) is 0 Å². The molecule has 1 N–H and O–H groups in total. The zero-order valence-corrected chi connectivity index (χ0v) is 15.8. The minimum absolute atomic E-state index is 0.107. The van der Waals surface area contributed by atoms with E-state index >= 15 is 0 Å². The van der Waals surface area contributed by atoms with E-state index in [-0.39, 0.29) is 11.9 Å². The molecule has 0 radical (unpaired) electrons. The number of carbonyl (C=O) groups excluding carboxylic acids is 1. The molecular formula is C17H14IN3O2S. The van der Waals surface area contributed by atoms with Crippen molar-refractivity contribution >= 4 is 46.3 Å². The first-order valence-electron chi connectivity index (χ1n) is 7.17. The van der Waals surface area contributed by atoms with Crippen LogP contribution in [0.2, 0.25) is 0 Å². The van der Waals surface area contributed by atoms with Gasteiger partial charge in [0, 0.05) is 8.47 Å². The van der Waals surface area contributed by atoms with E-state index in [1.54, 1.807) is 17.8 Å². The molecule has 3 rings (SSSR count). The molecule has 0 aliphatic heterocycles. The van der Waals surface area contributed by atoms with Crippen LogP contribution in [-0.2, 0) is 6.42 Å². The van der Waals surface area contributed by atoms with Crippen LogP contribution in [-0.4, -0.2) is 22.4 Å². The Balaban J connectivity index is 1.67. The van der Waals surface area contributed by atoms with Crippen LogP contribution in [0.5, 0.6) is 0 Å². The highest BCUT2D eigenvalue weighted by molar-refractivity contribution is 14.1. The van der Waals surface area contributed by atoms with Crippen molar-refractivity contribution in [1.29, 1.82) is 0 Å². The molecule has 0 atom stereocenters. The van der Waals surface area contributed by atoms with E-state index in [1.807, 2.05) is 36.6 Å². The summed E-state index contributed by atoms with van der Waals surface area (Å²) in [6, 6.07) is 15.6. The van der Waals surface area contributed by atoms with E-state index in [2.05, 4.69) is 50.2 Å². The third-order valence-electron chi connectivity index (χ3n) is 3.32. The molecule has 122 valence electrons. The van der Waals surface area contributed by atoms with Gasteiger partial charge in [-0.25, -0.2) is 0 Å². The van der Waals surface area contributed by atoms with E-state index < -0.39 is 0 Å². The first kappa shape index (κ1) is 17.0. The van der Waals surface area contributed by atoms with Gasteiger partial charge < -0.3 is 4.42 Å². The van der Waals surface area contributed by atoms with Crippen LogP contribution in [0.3, 0.4) is 0 Å². The maximum Gasteiger partial charge on any atom is 0.322 e. The van der Waals surface area contributed by atoms with Gasteiger partial charge in [-0.1, -0.05) is 29.4 Å². The molecule has 7 heteroatoms. The molecule has 1 amide bonds. The van der Waals surface area contributed by atoms with E-state index in [0.29, 0.717) is 17.9 Å². The molecule has 3 aromatic rings. The number of rotatable bonds is 5. The van der Waals surface area contributed by atoms with Crippen LogP contribution in [0, 0.1) is 3.57 Å². The highest BCUT2D eigenvalue weighted by atomic mass is 127. The Kier molecular flexibility index (Phi) is 5.52. The highest BCUT2D eigenvalue weighted by Crippen LogP contribution is 2.18. The number of nitrogens with zero attached hydrogens (tertiary/aromatic N) is 2. The zero-order chi connectivity index (χ0) is 16.9. The van der Waals surface area contributed by atoms with E-state index in [9.17, 15) is 4.79 Å². The van der Waals surface area contributed by atoms with E-state index in [0.717, 1.165) is 9.13 Å². The Morgan fingerprint density at radius 3 is 2.62 bits per heavy atom. The van der Waals surface area contributed by atoms with Crippen molar-refractivity contribution in [2.24, 2.45) is 0 Å². The van der Waals surface area contributed by atoms with Gasteiger partial charge >= 0.3 is 6.01 Å². The Bertz CT molecular complexity index is 849. The molecule has 24 heavy (non-hydrogen) atoms. The molecule has 2 aromatic carbocycles. The number of amides is 1. The smallest absolute Gasteiger partial charge is 0.322 e. The Morgan fingerprint density at radius 2 is 1.92 bits per heavy atom. The molecule has 0 unspecified atom stereocenters. The fourth-order valence-electron chi connectivity index (χ4n) is 2.10. The third kappa shape index (κ3) is 4.15. The molecule has 5 nitrogen and oxygen atoms in total. The minimum atomic E-state index is -0.264. The lowest BCUT2D eigenvalue weighted by Gasteiger charge is -2.02. The predicted molar refractivity (Wildman–Crippen MR) is 102 cm³/mol. The first-order chi connectivity index (χ1) is 11.7. The number of nitrogens with one attached hydrogen (secondary N) is 1. The fourth-order valence-corrected chi connectivity index (χ4v) is 3.14. The summed E-state index contributed by atoms with van der Waals surface area (Å²) >= 11 is 3.81. The summed E-state index contributed by atoms with van der Waals surface area (Å²) in [7, 11) is 0. The van der Waals surface area contributed by atoms with Gasteiger partial charge in [-0.15, -0.1) is 16.9 Å². The quantitative estimate of drug-likeness (QED) is 0.465. The molecule has 0 aliphatic carbocycles. The topological polar surface area (TPSA) is 68.0 Å². The van der Waals surface area contributed by atoms with Crippen LogP contribution in [0.25, 0.3) is 0 Å².